The van der Waals surface area contributed by atoms with E-state index >= 15 is 0 Å². The molecular weight excluding hydrogens is 584 g/mol. The molecule has 8 heteroatoms. The van der Waals surface area contributed by atoms with Crippen LogP contribution < -0.4 is 10.4 Å². The van der Waals surface area contributed by atoms with Gasteiger partial charge in [0.15, 0.2) is 0 Å². The van der Waals surface area contributed by atoms with Crippen molar-refractivity contribution in [1.82, 2.24) is 0 Å². The maximum atomic E-state index is 13.6. The van der Waals surface area contributed by atoms with Crippen molar-refractivity contribution in [2.75, 3.05) is 33.0 Å². The molecule has 7 nitrogen and oxygen atoms in total. The van der Waals surface area contributed by atoms with E-state index in [0.717, 1.165) is 38.5 Å². The summed E-state index contributed by atoms with van der Waals surface area (Å²) in [5, 5.41) is 2.43. The van der Waals surface area contributed by atoms with Crippen LogP contribution in [0, 0.1) is 10.8 Å². The van der Waals surface area contributed by atoms with Crippen LogP contribution in [0.15, 0.2) is 60.7 Å². The van der Waals surface area contributed by atoms with E-state index in [-0.39, 0.29) is 36.7 Å². The van der Waals surface area contributed by atoms with Gasteiger partial charge in [0.25, 0.3) is 8.32 Å². The van der Waals surface area contributed by atoms with Gasteiger partial charge in [-0.3, -0.25) is 9.59 Å². The normalized spacial score (nSPS) is 16.5. The average molecular weight is 641 g/mol. The molecule has 2 aromatic rings. The quantitative estimate of drug-likeness (QED) is 0.0563. The first kappa shape index (κ1) is 36.9. The van der Waals surface area contributed by atoms with Gasteiger partial charge >= 0.3 is 11.9 Å². The number of ether oxygens (including phenoxy) is 2. The van der Waals surface area contributed by atoms with Gasteiger partial charge < -0.3 is 13.9 Å². The third-order valence-electron chi connectivity index (χ3n) is 9.45. The van der Waals surface area contributed by atoms with E-state index in [2.05, 4.69) is 81.4 Å². The number of rotatable bonds is 18. The molecule has 250 valence electrons. The molecule has 0 N–H and O–H groups in total. The summed E-state index contributed by atoms with van der Waals surface area (Å²) in [7, 11) is -2.68. The van der Waals surface area contributed by atoms with E-state index < -0.39 is 25.7 Å². The van der Waals surface area contributed by atoms with Crippen LogP contribution >= 0.6 is 0 Å². The van der Waals surface area contributed by atoms with Gasteiger partial charge in [-0.15, -0.1) is 0 Å². The summed E-state index contributed by atoms with van der Waals surface area (Å²) < 4.78 is 18.2. The van der Waals surface area contributed by atoms with Crippen LogP contribution in [-0.2, 0) is 33.3 Å². The molecule has 0 spiro atoms. The first-order valence-corrected chi connectivity index (χ1v) is 18.8. The van der Waals surface area contributed by atoms with Gasteiger partial charge in [0.05, 0.1) is 32.8 Å². The molecule has 0 aromatic heterocycles. The van der Waals surface area contributed by atoms with Crippen LogP contribution in [-0.4, -0.2) is 53.3 Å². The SMILES string of the molecule is CCOOCC(CCC1(CCO[Si](c2ccccc2)(c2ccccc2)C(C)(C)C)CCCCC1)(CC(=O)OCC)C(=O)OCC. The van der Waals surface area contributed by atoms with Crippen molar-refractivity contribution >= 4 is 30.6 Å². The van der Waals surface area contributed by atoms with Crippen LogP contribution in [0.2, 0.25) is 5.04 Å². The minimum absolute atomic E-state index is 0.0261. The lowest BCUT2D eigenvalue weighted by molar-refractivity contribution is -0.307. The Kier molecular flexibility index (Phi) is 14.3. The van der Waals surface area contributed by atoms with Crippen LogP contribution in [0.25, 0.3) is 0 Å². The van der Waals surface area contributed by atoms with Gasteiger partial charge in [-0.25, -0.2) is 9.78 Å². The summed E-state index contributed by atoms with van der Waals surface area (Å²) in [5.74, 6) is -0.870. The minimum atomic E-state index is -2.68. The van der Waals surface area contributed by atoms with Crippen molar-refractivity contribution in [3.63, 3.8) is 0 Å². The molecule has 1 aliphatic rings. The van der Waals surface area contributed by atoms with Gasteiger partial charge in [-0.05, 0) is 73.7 Å². The number of carbonyl (C=O) groups excluding carboxylic acids is 2. The standard InChI is InChI=1S/C37H56O7Si/c1-7-40-33(38)29-37(30-43-42-9-3,34(39)41-8-2)26-25-36(23-17-12-18-24-36)27-28-44-45(35(4,5)6,31-19-13-10-14-20-31)32-21-15-11-16-22-32/h10-11,13-16,19-22H,7-9,12,17-18,23-30H2,1-6H3. The summed E-state index contributed by atoms with van der Waals surface area (Å²) >= 11 is 0. The zero-order chi connectivity index (χ0) is 32.8. The lowest BCUT2D eigenvalue weighted by Crippen LogP contribution is -2.66. The Bertz CT molecular complexity index is 1120. The van der Waals surface area contributed by atoms with E-state index in [1.54, 1.807) is 13.8 Å². The van der Waals surface area contributed by atoms with Gasteiger partial charge in [0.2, 0.25) is 0 Å². The highest BCUT2D eigenvalue weighted by Crippen LogP contribution is 2.47. The van der Waals surface area contributed by atoms with E-state index in [0.29, 0.717) is 19.6 Å². The number of esters is 2. The Hall–Kier alpha value is -2.52. The van der Waals surface area contributed by atoms with Gasteiger partial charge in [-0.1, -0.05) is 101 Å². The monoisotopic (exact) mass is 640 g/mol. The molecule has 0 amide bonds. The smallest absolute Gasteiger partial charge is 0.315 e. The zero-order valence-electron chi connectivity index (χ0n) is 28.5. The molecule has 0 saturated heterocycles. The van der Waals surface area contributed by atoms with E-state index in [4.69, 9.17) is 23.7 Å². The van der Waals surface area contributed by atoms with Crippen LogP contribution in [0.5, 0.6) is 0 Å². The number of hydrogen-bond donors (Lipinski definition) is 0. The summed E-state index contributed by atoms with van der Waals surface area (Å²) in [5.41, 5.74) is -1.22. The summed E-state index contributed by atoms with van der Waals surface area (Å²) in [6.45, 7) is 13.6. The van der Waals surface area contributed by atoms with Gasteiger partial charge in [-0.2, -0.15) is 0 Å². The van der Waals surface area contributed by atoms with Gasteiger partial charge in [0.1, 0.15) is 5.41 Å². The Morgan fingerprint density at radius 3 is 1.84 bits per heavy atom. The number of hydrogen-bond acceptors (Lipinski definition) is 7. The molecule has 45 heavy (non-hydrogen) atoms. The van der Waals surface area contributed by atoms with Crippen LogP contribution in [0.4, 0.5) is 0 Å². The summed E-state index contributed by atoms with van der Waals surface area (Å²) in [6, 6.07) is 21.5. The molecule has 3 rings (SSSR count). The molecule has 1 atom stereocenters. The fourth-order valence-electron chi connectivity index (χ4n) is 7.07. The first-order valence-electron chi connectivity index (χ1n) is 16.9. The first-order chi connectivity index (χ1) is 21.6. The maximum absolute atomic E-state index is 13.6. The lowest BCUT2D eigenvalue weighted by atomic mass is 9.66. The molecule has 0 heterocycles. The van der Waals surface area contributed by atoms with Crippen LogP contribution in [0.3, 0.4) is 0 Å². The molecule has 1 aliphatic carbocycles. The highest BCUT2D eigenvalue weighted by Gasteiger charge is 2.51. The minimum Gasteiger partial charge on any atom is -0.466 e. The average Bonchev–Trinajstić information content (AvgIpc) is 3.03. The fraction of sp³-hybridized carbons (Fsp3) is 0.622. The number of benzene rings is 2. The van der Waals surface area contributed by atoms with Crippen molar-refractivity contribution in [3.8, 4) is 0 Å². The predicted octanol–water partition coefficient (Wildman–Crippen LogP) is 7.15. The molecule has 0 radical (unpaired) electrons. The predicted molar refractivity (Wildman–Crippen MR) is 181 cm³/mol. The van der Waals surface area contributed by atoms with Crippen molar-refractivity contribution < 1.29 is 33.3 Å². The van der Waals surface area contributed by atoms with Crippen molar-refractivity contribution in [3.05, 3.63) is 60.7 Å². The van der Waals surface area contributed by atoms with Crippen molar-refractivity contribution in [2.45, 2.75) is 104 Å². The van der Waals surface area contributed by atoms with Crippen LogP contribution in [0.1, 0.15) is 99.3 Å². The van der Waals surface area contributed by atoms with Crippen molar-refractivity contribution in [2.24, 2.45) is 10.8 Å². The second kappa shape index (κ2) is 17.4. The molecule has 2 aromatic carbocycles. The Labute approximate surface area is 272 Å². The largest absolute Gasteiger partial charge is 0.466 e. The van der Waals surface area contributed by atoms with E-state index in [1.165, 1.54) is 16.8 Å². The highest BCUT2D eigenvalue weighted by atomic mass is 28.4. The molecule has 1 unspecified atom stereocenters. The lowest BCUT2D eigenvalue weighted by Gasteiger charge is -2.45. The number of carbonyl (C=O) groups is 2. The van der Waals surface area contributed by atoms with Gasteiger partial charge in [0, 0.05) is 6.61 Å². The highest BCUT2D eigenvalue weighted by molar-refractivity contribution is 6.99. The molecular formula is C37H56O7Si. The second-order valence-electron chi connectivity index (χ2n) is 13.5. The molecule has 1 fully saturated rings. The Balaban J connectivity index is 1.93. The molecule has 0 bridgehead atoms. The Morgan fingerprint density at radius 2 is 1.33 bits per heavy atom. The van der Waals surface area contributed by atoms with E-state index in [9.17, 15) is 9.59 Å². The third kappa shape index (κ3) is 9.50. The van der Waals surface area contributed by atoms with Crippen molar-refractivity contribution in [1.29, 1.82) is 0 Å². The summed E-state index contributed by atoms with van der Waals surface area (Å²) in [6.07, 6.45) is 7.56. The Morgan fingerprint density at radius 1 is 0.756 bits per heavy atom. The molecule has 1 saturated carbocycles. The van der Waals surface area contributed by atoms with E-state index in [1.807, 2.05) is 6.92 Å². The fourth-order valence-corrected chi connectivity index (χ4v) is 11.6. The molecule has 0 aliphatic heterocycles. The topological polar surface area (TPSA) is 80.3 Å². The third-order valence-corrected chi connectivity index (χ3v) is 14.5. The summed E-state index contributed by atoms with van der Waals surface area (Å²) in [4.78, 5) is 37.1. The zero-order valence-corrected chi connectivity index (χ0v) is 29.5. The second-order valence-corrected chi connectivity index (χ2v) is 17.8. The maximum Gasteiger partial charge on any atom is 0.315 e.